The molecule has 0 saturated carbocycles. The van der Waals surface area contributed by atoms with Crippen molar-refractivity contribution in [3.63, 3.8) is 0 Å². The summed E-state index contributed by atoms with van der Waals surface area (Å²) in [7, 11) is 0. The van der Waals surface area contributed by atoms with E-state index in [1.165, 1.54) is 0 Å². The molecule has 0 aliphatic carbocycles. The number of carbonyl (C=O) groups is 2. The van der Waals surface area contributed by atoms with Crippen molar-refractivity contribution in [3.8, 4) is 0 Å². The molecular formula is C11H12F3NO3. The molecule has 0 bridgehead atoms. The number of halogens is 3. The van der Waals surface area contributed by atoms with Gasteiger partial charge in [0, 0.05) is 12.1 Å². The summed E-state index contributed by atoms with van der Waals surface area (Å²) in [5, 5.41) is 9.85. The van der Waals surface area contributed by atoms with Gasteiger partial charge in [-0.25, -0.2) is 4.79 Å². The van der Waals surface area contributed by atoms with E-state index >= 15 is 0 Å². The smallest absolute Gasteiger partial charge is 0.475 e. The molecule has 0 radical (unpaired) electrons. The average molecular weight is 263 g/mol. The number of aliphatic carboxylic acids is 1. The predicted molar refractivity (Wildman–Crippen MR) is 58.1 cm³/mol. The summed E-state index contributed by atoms with van der Waals surface area (Å²) in [5.74, 6) is -2.76. The summed E-state index contributed by atoms with van der Waals surface area (Å²) in [6.45, 7) is 2.58. The molecule has 4 nitrogen and oxygen atoms in total. The minimum Gasteiger partial charge on any atom is -0.475 e. The second-order valence-corrected chi connectivity index (χ2v) is 3.03. The van der Waals surface area contributed by atoms with Crippen LogP contribution in [0.4, 0.5) is 13.2 Å². The Morgan fingerprint density at radius 3 is 2.00 bits per heavy atom. The molecule has 0 aliphatic rings. The van der Waals surface area contributed by atoms with E-state index in [2.05, 4.69) is 5.32 Å². The maximum atomic E-state index is 11.1. The van der Waals surface area contributed by atoms with Gasteiger partial charge in [-0.2, -0.15) is 13.2 Å². The van der Waals surface area contributed by atoms with Gasteiger partial charge in [-0.1, -0.05) is 18.2 Å². The summed E-state index contributed by atoms with van der Waals surface area (Å²) in [5.41, 5.74) is 0.717. The fraction of sp³-hybridized carbons (Fsp3) is 0.273. The van der Waals surface area contributed by atoms with Gasteiger partial charge in [0.05, 0.1) is 0 Å². The van der Waals surface area contributed by atoms with Gasteiger partial charge in [0.2, 0.25) is 0 Å². The number of hydrogen-bond donors (Lipinski definition) is 2. The lowest BCUT2D eigenvalue weighted by Gasteiger charge is -1.99. The standard InChI is InChI=1S/C9H11NO.C2HF3O2/c1-2-10-9(11)8-6-4-3-5-7-8;3-2(4,5)1(6)7/h3-7H,2H2,1H3,(H,10,11);(H,6,7). The molecule has 1 amide bonds. The number of alkyl halides is 3. The van der Waals surface area contributed by atoms with E-state index in [4.69, 9.17) is 9.90 Å². The zero-order valence-electron chi connectivity index (χ0n) is 9.49. The van der Waals surface area contributed by atoms with Crippen molar-refractivity contribution in [3.05, 3.63) is 35.9 Å². The van der Waals surface area contributed by atoms with E-state index in [1.807, 2.05) is 25.1 Å². The van der Waals surface area contributed by atoms with Crippen LogP contribution in [0.1, 0.15) is 17.3 Å². The van der Waals surface area contributed by atoms with Crippen LogP contribution in [0, 0.1) is 0 Å². The highest BCUT2D eigenvalue weighted by atomic mass is 19.4. The van der Waals surface area contributed by atoms with Crippen LogP contribution < -0.4 is 5.32 Å². The molecule has 0 atom stereocenters. The quantitative estimate of drug-likeness (QED) is 0.858. The highest BCUT2D eigenvalue weighted by molar-refractivity contribution is 5.94. The molecule has 1 rings (SSSR count). The van der Waals surface area contributed by atoms with Crippen molar-refractivity contribution >= 4 is 11.9 Å². The first kappa shape index (κ1) is 16.0. The van der Waals surface area contributed by atoms with Crippen molar-refractivity contribution in [1.82, 2.24) is 5.32 Å². The number of carboxylic acid groups (broad SMARTS) is 1. The minimum absolute atomic E-state index is 0.00639. The van der Waals surface area contributed by atoms with Gasteiger partial charge >= 0.3 is 12.1 Å². The van der Waals surface area contributed by atoms with Crippen LogP contribution in [-0.2, 0) is 4.79 Å². The second kappa shape index (κ2) is 7.31. The van der Waals surface area contributed by atoms with Gasteiger partial charge in [-0.3, -0.25) is 4.79 Å². The summed E-state index contributed by atoms with van der Waals surface area (Å²) in [6.07, 6.45) is -5.08. The number of nitrogens with one attached hydrogen (secondary N) is 1. The SMILES string of the molecule is CCNC(=O)c1ccccc1.O=C(O)C(F)(F)F. The maximum Gasteiger partial charge on any atom is 0.490 e. The normalized spacial score (nSPS) is 10.0. The molecule has 1 aromatic carbocycles. The molecule has 0 fully saturated rings. The van der Waals surface area contributed by atoms with E-state index in [0.717, 1.165) is 0 Å². The Morgan fingerprint density at radius 1 is 1.22 bits per heavy atom. The highest BCUT2D eigenvalue weighted by Crippen LogP contribution is 2.13. The van der Waals surface area contributed by atoms with Crippen LogP contribution in [-0.4, -0.2) is 29.7 Å². The predicted octanol–water partition coefficient (Wildman–Crippen LogP) is 2.07. The summed E-state index contributed by atoms with van der Waals surface area (Å²) in [4.78, 5) is 20.0. The third-order valence-electron chi connectivity index (χ3n) is 1.62. The van der Waals surface area contributed by atoms with E-state index in [-0.39, 0.29) is 5.91 Å². The van der Waals surface area contributed by atoms with E-state index in [0.29, 0.717) is 12.1 Å². The van der Waals surface area contributed by atoms with Gasteiger partial charge in [-0.15, -0.1) is 0 Å². The molecule has 0 saturated heterocycles. The monoisotopic (exact) mass is 263 g/mol. The van der Waals surface area contributed by atoms with Crippen LogP contribution in [0.25, 0.3) is 0 Å². The molecule has 1 aromatic rings. The van der Waals surface area contributed by atoms with Crippen molar-refractivity contribution in [2.24, 2.45) is 0 Å². The first-order valence-electron chi connectivity index (χ1n) is 4.92. The Bertz CT molecular complexity index is 390. The first-order chi connectivity index (χ1) is 8.29. The largest absolute Gasteiger partial charge is 0.490 e. The molecule has 0 aromatic heterocycles. The Labute approximate surface area is 101 Å². The van der Waals surface area contributed by atoms with Gasteiger partial charge in [0.25, 0.3) is 5.91 Å². The topological polar surface area (TPSA) is 66.4 Å². The third-order valence-corrected chi connectivity index (χ3v) is 1.62. The zero-order valence-corrected chi connectivity index (χ0v) is 9.49. The molecule has 0 unspecified atom stereocenters. The van der Waals surface area contributed by atoms with Crippen LogP contribution in [0.5, 0.6) is 0 Å². The Kier molecular flexibility index (Phi) is 6.48. The van der Waals surface area contributed by atoms with Gasteiger partial charge in [-0.05, 0) is 19.1 Å². The molecule has 7 heteroatoms. The van der Waals surface area contributed by atoms with Gasteiger partial charge < -0.3 is 10.4 Å². The Balaban J connectivity index is 0.000000360. The summed E-state index contributed by atoms with van der Waals surface area (Å²) < 4.78 is 31.7. The van der Waals surface area contributed by atoms with Crippen molar-refractivity contribution in [1.29, 1.82) is 0 Å². The summed E-state index contributed by atoms with van der Waals surface area (Å²) in [6, 6.07) is 9.19. The molecule has 0 spiro atoms. The molecule has 18 heavy (non-hydrogen) atoms. The molecular weight excluding hydrogens is 251 g/mol. The van der Waals surface area contributed by atoms with E-state index in [9.17, 15) is 18.0 Å². The number of amides is 1. The van der Waals surface area contributed by atoms with Crippen LogP contribution in [0.15, 0.2) is 30.3 Å². The molecule has 0 aliphatic heterocycles. The lowest BCUT2D eigenvalue weighted by atomic mass is 10.2. The number of benzene rings is 1. The first-order valence-corrected chi connectivity index (χ1v) is 4.92. The second-order valence-electron chi connectivity index (χ2n) is 3.03. The average Bonchev–Trinajstić information content (AvgIpc) is 2.30. The highest BCUT2D eigenvalue weighted by Gasteiger charge is 2.38. The summed E-state index contributed by atoms with van der Waals surface area (Å²) >= 11 is 0. The molecule has 100 valence electrons. The minimum atomic E-state index is -5.08. The number of rotatable bonds is 2. The third kappa shape index (κ3) is 6.51. The molecule has 0 heterocycles. The lowest BCUT2D eigenvalue weighted by Crippen LogP contribution is -2.22. The van der Waals surface area contributed by atoms with Gasteiger partial charge in [0.1, 0.15) is 0 Å². The van der Waals surface area contributed by atoms with Crippen LogP contribution in [0.3, 0.4) is 0 Å². The Hall–Kier alpha value is -2.05. The van der Waals surface area contributed by atoms with Crippen molar-refractivity contribution < 1.29 is 27.9 Å². The molecule has 2 N–H and O–H groups in total. The Morgan fingerprint density at radius 2 is 1.67 bits per heavy atom. The maximum absolute atomic E-state index is 11.1. The number of carbonyl (C=O) groups excluding carboxylic acids is 1. The number of carboxylic acids is 1. The zero-order chi connectivity index (χ0) is 14.2. The van der Waals surface area contributed by atoms with Gasteiger partial charge in [0.15, 0.2) is 0 Å². The fourth-order valence-electron chi connectivity index (χ4n) is 0.852. The van der Waals surface area contributed by atoms with E-state index < -0.39 is 12.1 Å². The van der Waals surface area contributed by atoms with Crippen LogP contribution >= 0.6 is 0 Å². The fourth-order valence-corrected chi connectivity index (χ4v) is 0.852. The van der Waals surface area contributed by atoms with Crippen LogP contribution in [0.2, 0.25) is 0 Å². The van der Waals surface area contributed by atoms with Crippen molar-refractivity contribution in [2.75, 3.05) is 6.54 Å². The van der Waals surface area contributed by atoms with E-state index in [1.54, 1.807) is 12.1 Å². The number of hydrogen-bond acceptors (Lipinski definition) is 2. The lowest BCUT2D eigenvalue weighted by molar-refractivity contribution is -0.192. The van der Waals surface area contributed by atoms with Crippen molar-refractivity contribution in [2.45, 2.75) is 13.1 Å².